The molecule has 38 heavy (non-hydrogen) atoms. The highest BCUT2D eigenvalue weighted by Crippen LogP contribution is 2.39. The van der Waals surface area contributed by atoms with Gasteiger partial charge in [0.25, 0.3) is 0 Å². The molecule has 200 valence electrons. The Morgan fingerprint density at radius 1 is 1.16 bits per heavy atom. The number of hydrogen-bond acceptors (Lipinski definition) is 7. The Hall–Kier alpha value is -3.59. The number of nitrogens with one attached hydrogen (secondary N) is 2. The van der Waals surface area contributed by atoms with Crippen molar-refractivity contribution in [1.82, 2.24) is 19.5 Å². The van der Waals surface area contributed by atoms with Gasteiger partial charge < -0.3 is 16.4 Å². The molecule has 1 aromatic carbocycles. The van der Waals surface area contributed by atoms with E-state index >= 15 is 0 Å². The SMILES string of the molecule is N#Cc1cc(F)c(Nc2nc3cnc(NC4CCC(F)(F)CC4)nc3n2[C@H]2CC[C@H](C(N)=O)CC2)c(Cl)c1. The number of amides is 1. The van der Waals surface area contributed by atoms with Gasteiger partial charge in [-0.1, -0.05) is 11.6 Å². The van der Waals surface area contributed by atoms with Gasteiger partial charge in [0.05, 0.1) is 28.5 Å². The fraction of sp³-hybridized carbons (Fsp3) is 0.480. The summed E-state index contributed by atoms with van der Waals surface area (Å²) in [5.41, 5.74) is 6.46. The second-order valence-corrected chi connectivity index (χ2v) is 10.3. The van der Waals surface area contributed by atoms with Gasteiger partial charge in [-0.25, -0.2) is 23.1 Å². The number of halogens is 4. The van der Waals surface area contributed by atoms with E-state index in [1.54, 1.807) is 0 Å². The van der Waals surface area contributed by atoms with Crippen molar-refractivity contribution in [2.75, 3.05) is 10.6 Å². The van der Waals surface area contributed by atoms with Gasteiger partial charge >= 0.3 is 0 Å². The summed E-state index contributed by atoms with van der Waals surface area (Å²) in [6.07, 6.45) is 4.12. The minimum atomic E-state index is -2.64. The van der Waals surface area contributed by atoms with Crippen LogP contribution in [0, 0.1) is 23.1 Å². The topological polar surface area (TPSA) is 135 Å². The van der Waals surface area contributed by atoms with Crippen molar-refractivity contribution in [3.05, 3.63) is 34.7 Å². The molecule has 9 nitrogen and oxygen atoms in total. The predicted molar refractivity (Wildman–Crippen MR) is 136 cm³/mol. The highest BCUT2D eigenvalue weighted by atomic mass is 35.5. The fourth-order valence-electron chi connectivity index (χ4n) is 5.25. The lowest BCUT2D eigenvalue weighted by molar-refractivity contribution is -0.122. The molecule has 0 saturated heterocycles. The minimum Gasteiger partial charge on any atom is -0.369 e. The molecule has 2 aromatic heterocycles. The number of carbonyl (C=O) groups is 1. The zero-order valence-corrected chi connectivity index (χ0v) is 21.1. The predicted octanol–water partition coefficient (Wildman–Crippen LogP) is 5.44. The monoisotopic (exact) mass is 546 g/mol. The molecule has 0 bridgehead atoms. The molecule has 2 aliphatic carbocycles. The number of nitrogens with zero attached hydrogens (tertiary/aromatic N) is 5. The first kappa shape index (κ1) is 26.0. The number of rotatable bonds is 6. The van der Waals surface area contributed by atoms with Crippen LogP contribution in [0.25, 0.3) is 11.2 Å². The molecule has 3 aromatic rings. The average Bonchev–Trinajstić information content (AvgIpc) is 3.24. The standard InChI is InChI=1S/C25H26ClF3N8O/c26-17-9-13(11-30)10-18(27)20(17)35-24-34-19-12-32-23(33-15-5-7-25(28,29)8-6-15)36-22(19)37(24)16-3-1-14(2-4-16)21(31)38/h9-10,12,14-16H,1-8H2,(H2,31,38)(H,34,35)(H,32,33,36)/t14-,16-. The molecule has 0 unspecified atom stereocenters. The third kappa shape index (κ3) is 5.34. The smallest absolute Gasteiger partial charge is 0.248 e. The van der Waals surface area contributed by atoms with Crippen molar-refractivity contribution in [1.29, 1.82) is 5.26 Å². The molecule has 0 atom stereocenters. The summed E-state index contributed by atoms with van der Waals surface area (Å²) in [7, 11) is 0. The number of carbonyl (C=O) groups excluding carboxylic acids is 1. The van der Waals surface area contributed by atoms with Crippen molar-refractivity contribution in [3.63, 3.8) is 0 Å². The summed E-state index contributed by atoms with van der Waals surface area (Å²) in [6.45, 7) is 0. The Morgan fingerprint density at radius 3 is 2.50 bits per heavy atom. The molecule has 0 aliphatic heterocycles. The summed E-state index contributed by atoms with van der Waals surface area (Å²) >= 11 is 6.27. The van der Waals surface area contributed by atoms with Gasteiger partial charge in [0, 0.05) is 30.8 Å². The molecule has 5 rings (SSSR count). The Bertz CT molecular complexity index is 1380. The molecule has 0 radical (unpaired) electrons. The van der Waals surface area contributed by atoms with Crippen molar-refractivity contribution < 1.29 is 18.0 Å². The number of imidazole rings is 1. The molecule has 2 heterocycles. The van der Waals surface area contributed by atoms with Crippen molar-refractivity contribution in [3.8, 4) is 6.07 Å². The maximum absolute atomic E-state index is 14.9. The normalized spacial score (nSPS) is 21.7. The van der Waals surface area contributed by atoms with E-state index in [4.69, 9.17) is 22.6 Å². The van der Waals surface area contributed by atoms with E-state index in [1.807, 2.05) is 10.6 Å². The molecule has 2 saturated carbocycles. The number of anilines is 3. The maximum atomic E-state index is 14.9. The molecule has 1 amide bonds. The Labute approximate surface area is 221 Å². The zero-order valence-electron chi connectivity index (χ0n) is 20.4. The molecule has 2 aliphatic rings. The summed E-state index contributed by atoms with van der Waals surface area (Å²) in [5.74, 6) is -3.36. The number of primary amides is 1. The quantitative estimate of drug-likeness (QED) is 0.374. The third-order valence-electron chi connectivity index (χ3n) is 7.36. The Morgan fingerprint density at radius 2 is 1.87 bits per heavy atom. The van der Waals surface area contributed by atoms with Gasteiger partial charge in [-0.3, -0.25) is 9.36 Å². The largest absolute Gasteiger partial charge is 0.369 e. The lowest BCUT2D eigenvalue weighted by Crippen LogP contribution is -2.32. The highest BCUT2D eigenvalue weighted by molar-refractivity contribution is 6.33. The van der Waals surface area contributed by atoms with E-state index in [1.165, 1.54) is 12.3 Å². The molecule has 2 fully saturated rings. The molecular weight excluding hydrogens is 521 g/mol. The zero-order chi connectivity index (χ0) is 27.0. The molecule has 13 heteroatoms. The van der Waals surface area contributed by atoms with E-state index in [0.717, 1.165) is 6.07 Å². The van der Waals surface area contributed by atoms with Crippen molar-refractivity contribution >= 4 is 46.3 Å². The molecular formula is C25H26ClF3N8O. The number of nitrogens with two attached hydrogens (primary N) is 1. The van der Waals surface area contributed by atoms with E-state index < -0.39 is 11.7 Å². The third-order valence-corrected chi connectivity index (χ3v) is 7.65. The van der Waals surface area contributed by atoms with Gasteiger partial charge in [-0.15, -0.1) is 0 Å². The Kier molecular flexibility index (Phi) is 7.05. The minimum absolute atomic E-state index is 0.0140. The number of hydrogen-bond donors (Lipinski definition) is 3. The summed E-state index contributed by atoms with van der Waals surface area (Å²) in [5, 5.41) is 15.2. The number of aromatic nitrogens is 4. The van der Waals surface area contributed by atoms with Crippen LogP contribution in [0.1, 0.15) is 63.0 Å². The van der Waals surface area contributed by atoms with Gasteiger partial charge in [0.15, 0.2) is 5.65 Å². The van der Waals surface area contributed by atoms with E-state index in [2.05, 4.69) is 25.6 Å². The summed E-state index contributed by atoms with van der Waals surface area (Å²) in [6, 6.07) is 3.98. The second kappa shape index (κ2) is 10.3. The first-order valence-electron chi connectivity index (χ1n) is 12.5. The van der Waals surface area contributed by atoms with Gasteiger partial charge in [-0.2, -0.15) is 10.2 Å². The average molecular weight is 547 g/mol. The van der Waals surface area contributed by atoms with Crippen LogP contribution in [0.5, 0.6) is 0 Å². The van der Waals surface area contributed by atoms with E-state index in [-0.39, 0.29) is 64.9 Å². The van der Waals surface area contributed by atoms with E-state index in [9.17, 15) is 18.0 Å². The van der Waals surface area contributed by atoms with Crippen LogP contribution in [0.15, 0.2) is 18.3 Å². The molecule has 0 spiro atoms. The first-order chi connectivity index (χ1) is 18.1. The van der Waals surface area contributed by atoms with Crippen LogP contribution in [0.3, 0.4) is 0 Å². The highest BCUT2D eigenvalue weighted by Gasteiger charge is 2.35. The van der Waals surface area contributed by atoms with Gasteiger partial charge in [-0.05, 0) is 50.7 Å². The van der Waals surface area contributed by atoms with Crippen LogP contribution in [0.4, 0.5) is 30.8 Å². The van der Waals surface area contributed by atoms with Crippen LogP contribution in [-0.2, 0) is 4.79 Å². The van der Waals surface area contributed by atoms with Crippen molar-refractivity contribution in [2.45, 2.75) is 69.4 Å². The summed E-state index contributed by atoms with van der Waals surface area (Å²) in [4.78, 5) is 25.3. The Balaban J connectivity index is 1.50. The lowest BCUT2D eigenvalue weighted by Gasteiger charge is -2.29. The summed E-state index contributed by atoms with van der Waals surface area (Å²) < 4.78 is 43.9. The first-order valence-corrected chi connectivity index (χ1v) is 12.9. The van der Waals surface area contributed by atoms with Gasteiger partial charge in [0.2, 0.25) is 23.7 Å². The second-order valence-electron chi connectivity index (χ2n) is 9.94. The maximum Gasteiger partial charge on any atom is 0.248 e. The number of benzene rings is 1. The van der Waals surface area contributed by atoms with Crippen LogP contribution in [-0.4, -0.2) is 37.4 Å². The van der Waals surface area contributed by atoms with Crippen molar-refractivity contribution in [2.24, 2.45) is 11.7 Å². The number of alkyl halides is 2. The van der Waals surface area contributed by atoms with Gasteiger partial charge in [0.1, 0.15) is 11.3 Å². The van der Waals surface area contributed by atoms with E-state index in [0.29, 0.717) is 49.7 Å². The lowest BCUT2D eigenvalue weighted by atomic mass is 9.85. The van der Waals surface area contributed by atoms with Crippen LogP contribution < -0.4 is 16.4 Å². The van der Waals surface area contributed by atoms with Crippen LogP contribution >= 0.6 is 11.6 Å². The van der Waals surface area contributed by atoms with Crippen LogP contribution in [0.2, 0.25) is 5.02 Å². The number of fused-ring (bicyclic) bond motifs is 1. The number of nitriles is 1. The fourth-order valence-corrected chi connectivity index (χ4v) is 5.50. The molecule has 4 N–H and O–H groups in total.